The quantitative estimate of drug-likeness (QED) is 0.921. The SMILES string of the molecule is CCc1cccnc1C(N)Cc1c(Cl)c(C)nn1CC. The first-order chi connectivity index (χ1) is 9.58. The van der Waals surface area contributed by atoms with Gasteiger partial charge in [0.1, 0.15) is 0 Å². The van der Waals surface area contributed by atoms with Gasteiger partial charge >= 0.3 is 0 Å². The van der Waals surface area contributed by atoms with Crippen molar-refractivity contribution in [2.45, 2.75) is 46.2 Å². The van der Waals surface area contributed by atoms with Crippen molar-refractivity contribution in [1.82, 2.24) is 14.8 Å². The second-order valence-corrected chi connectivity index (χ2v) is 5.25. The second-order valence-electron chi connectivity index (χ2n) is 4.87. The molecule has 108 valence electrons. The van der Waals surface area contributed by atoms with Gasteiger partial charge in [0.05, 0.1) is 28.1 Å². The van der Waals surface area contributed by atoms with E-state index in [9.17, 15) is 0 Å². The van der Waals surface area contributed by atoms with E-state index >= 15 is 0 Å². The van der Waals surface area contributed by atoms with Gasteiger partial charge in [-0.3, -0.25) is 9.67 Å². The molecule has 2 N–H and O–H groups in total. The van der Waals surface area contributed by atoms with Crippen molar-refractivity contribution in [2.24, 2.45) is 5.73 Å². The van der Waals surface area contributed by atoms with Crippen molar-refractivity contribution in [1.29, 1.82) is 0 Å². The molecule has 1 atom stereocenters. The number of hydrogen-bond acceptors (Lipinski definition) is 3. The average Bonchev–Trinajstić information content (AvgIpc) is 2.74. The first kappa shape index (κ1) is 15.0. The van der Waals surface area contributed by atoms with E-state index in [1.165, 1.54) is 5.56 Å². The predicted octanol–water partition coefficient (Wildman–Crippen LogP) is 3.06. The molecule has 2 rings (SSSR count). The monoisotopic (exact) mass is 292 g/mol. The van der Waals surface area contributed by atoms with Crippen LogP contribution < -0.4 is 5.73 Å². The Kier molecular flexibility index (Phi) is 4.78. The Morgan fingerprint density at radius 1 is 1.40 bits per heavy atom. The predicted molar refractivity (Wildman–Crippen MR) is 81.9 cm³/mol. The highest BCUT2D eigenvalue weighted by Gasteiger charge is 2.18. The largest absolute Gasteiger partial charge is 0.322 e. The highest BCUT2D eigenvalue weighted by atomic mass is 35.5. The van der Waals surface area contributed by atoms with E-state index in [-0.39, 0.29) is 6.04 Å². The van der Waals surface area contributed by atoms with Crippen molar-refractivity contribution >= 4 is 11.6 Å². The zero-order valence-corrected chi connectivity index (χ0v) is 13.0. The minimum atomic E-state index is -0.162. The van der Waals surface area contributed by atoms with E-state index in [1.807, 2.05) is 17.7 Å². The Morgan fingerprint density at radius 3 is 2.80 bits per heavy atom. The number of halogens is 1. The smallest absolute Gasteiger partial charge is 0.0847 e. The van der Waals surface area contributed by atoms with Crippen LogP contribution in [-0.2, 0) is 19.4 Å². The van der Waals surface area contributed by atoms with Gasteiger partial charge in [0.25, 0.3) is 0 Å². The zero-order chi connectivity index (χ0) is 14.7. The van der Waals surface area contributed by atoms with Gasteiger partial charge in [0.15, 0.2) is 0 Å². The average molecular weight is 293 g/mol. The number of aromatic nitrogens is 3. The molecule has 0 bridgehead atoms. The maximum Gasteiger partial charge on any atom is 0.0847 e. The summed E-state index contributed by atoms with van der Waals surface area (Å²) in [5.74, 6) is 0. The van der Waals surface area contributed by atoms with E-state index < -0.39 is 0 Å². The van der Waals surface area contributed by atoms with Crippen molar-refractivity contribution in [3.05, 3.63) is 46.0 Å². The molecule has 2 aromatic rings. The lowest BCUT2D eigenvalue weighted by molar-refractivity contribution is 0.580. The Bertz CT molecular complexity index is 592. The molecule has 20 heavy (non-hydrogen) atoms. The molecule has 0 aromatic carbocycles. The molecule has 2 heterocycles. The van der Waals surface area contributed by atoms with Gasteiger partial charge in [0.2, 0.25) is 0 Å². The Morgan fingerprint density at radius 2 is 2.15 bits per heavy atom. The van der Waals surface area contributed by atoms with Crippen LogP contribution in [0.15, 0.2) is 18.3 Å². The molecule has 0 aliphatic carbocycles. The van der Waals surface area contributed by atoms with Crippen LogP contribution in [0.3, 0.4) is 0 Å². The van der Waals surface area contributed by atoms with Crippen molar-refractivity contribution in [3.8, 4) is 0 Å². The number of pyridine rings is 1. The molecule has 1 unspecified atom stereocenters. The van der Waals surface area contributed by atoms with Crippen LogP contribution in [0.4, 0.5) is 0 Å². The number of nitrogens with two attached hydrogens (primary N) is 1. The molecule has 0 radical (unpaired) electrons. The molecule has 2 aromatic heterocycles. The van der Waals surface area contributed by atoms with Gasteiger partial charge in [-0.1, -0.05) is 24.6 Å². The van der Waals surface area contributed by atoms with Gasteiger partial charge in [-0.25, -0.2) is 0 Å². The second kappa shape index (κ2) is 6.37. The van der Waals surface area contributed by atoms with Gasteiger partial charge in [-0.2, -0.15) is 5.10 Å². The molecule has 0 saturated carbocycles. The minimum Gasteiger partial charge on any atom is -0.322 e. The fourth-order valence-corrected chi connectivity index (χ4v) is 2.67. The zero-order valence-electron chi connectivity index (χ0n) is 12.2. The molecule has 0 spiro atoms. The van der Waals surface area contributed by atoms with E-state index in [0.29, 0.717) is 6.42 Å². The maximum atomic E-state index is 6.34. The van der Waals surface area contributed by atoms with E-state index in [2.05, 4.69) is 30.0 Å². The molecular formula is C15H21ClN4. The van der Waals surface area contributed by atoms with E-state index in [0.717, 1.165) is 35.1 Å². The van der Waals surface area contributed by atoms with Crippen LogP contribution in [0.5, 0.6) is 0 Å². The Labute approximate surface area is 125 Å². The van der Waals surface area contributed by atoms with Crippen LogP contribution in [0.25, 0.3) is 0 Å². The fraction of sp³-hybridized carbons (Fsp3) is 0.467. The highest BCUT2D eigenvalue weighted by Crippen LogP contribution is 2.25. The number of aryl methyl sites for hydroxylation is 3. The standard InChI is InChI=1S/C15H21ClN4/c1-4-11-7-6-8-18-15(11)12(17)9-13-14(16)10(3)19-20(13)5-2/h6-8,12H,4-5,9,17H2,1-3H3. The van der Waals surface area contributed by atoms with Crippen LogP contribution in [-0.4, -0.2) is 14.8 Å². The third kappa shape index (κ3) is 2.86. The molecule has 0 aliphatic rings. The van der Waals surface area contributed by atoms with Gasteiger partial charge in [0, 0.05) is 19.2 Å². The summed E-state index contributed by atoms with van der Waals surface area (Å²) >= 11 is 6.34. The van der Waals surface area contributed by atoms with E-state index in [4.69, 9.17) is 17.3 Å². The summed E-state index contributed by atoms with van der Waals surface area (Å²) in [7, 11) is 0. The summed E-state index contributed by atoms with van der Waals surface area (Å²) in [6, 6.07) is 3.86. The molecule has 0 saturated heterocycles. The molecular weight excluding hydrogens is 272 g/mol. The van der Waals surface area contributed by atoms with Crippen LogP contribution >= 0.6 is 11.6 Å². The number of nitrogens with zero attached hydrogens (tertiary/aromatic N) is 3. The Hall–Kier alpha value is -1.39. The third-order valence-electron chi connectivity index (χ3n) is 3.52. The van der Waals surface area contributed by atoms with Gasteiger partial charge in [-0.05, 0) is 31.9 Å². The van der Waals surface area contributed by atoms with Gasteiger partial charge < -0.3 is 5.73 Å². The highest BCUT2D eigenvalue weighted by molar-refractivity contribution is 6.31. The van der Waals surface area contributed by atoms with E-state index in [1.54, 1.807) is 6.20 Å². The summed E-state index contributed by atoms with van der Waals surface area (Å²) in [5, 5.41) is 5.15. The summed E-state index contributed by atoms with van der Waals surface area (Å²) in [4.78, 5) is 4.44. The molecule has 4 nitrogen and oxygen atoms in total. The maximum absolute atomic E-state index is 6.34. The van der Waals surface area contributed by atoms with Crippen molar-refractivity contribution < 1.29 is 0 Å². The molecule has 0 amide bonds. The lowest BCUT2D eigenvalue weighted by atomic mass is 10.0. The van der Waals surface area contributed by atoms with Crippen molar-refractivity contribution in [3.63, 3.8) is 0 Å². The molecule has 0 aliphatic heterocycles. The molecule has 5 heteroatoms. The summed E-state index contributed by atoms with van der Waals surface area (Å²) in [6.45, 7) is 6.87. The summed E-state index contributed by atoms with van der Waals surface area (Å²) in [5.41, 5.74) is 10.3. The number of rotatable bonds is 5. The van der Waals surface area contributed by atoms with Crippen molar-refractivity contribution in [2.75, 3.05) is 0 Å². The van der Waals surface area contributed by atoms with Crippen LogP contribution in [0, 0.1) is 6.92 Å². The van der Waals surface area contributed by atoms with Crippen LogP contribution in [0.1, 0.15) is 42.5 Å². The first-order valence-corrected chi connectivity index (χ1v) is 7.37. The summed E-state index contributed by atoms with van der Waals surface area (Å²) < 4.78 is 1.92. The summed E-state index contributed by atoms with van der Waals surface area (Å²) in [6.07, 6.45) is 3.37. The normalized spacial score (nSPS) is 12.7. The van der Waals surface area contributed by atoms with Crippen LogP contribution in [0.2, 0.25) is 5.02 Å². The lowest BCUT2D eigenvalue weighted by Crippen LogP contribution is -2.19. The first-order valence-electron chi connectivity index (χ1n) is 6.99. The Balaban J connectivity index is 2.30. The number of hydrogen-bond donors (Lipinski definition) is 1. The lowest BCUT2D eigenvalue weighted by Gasteiger charge is -2.15. The fourth-order valence-electron chi connectivity index (χ4n) is 2.45. The van der Waals surface area contributed by atoms with Gasteiger partial charge in [-0.15, -0.1) is 0 Å². The molecule has 0 fully saturated rings. The third-order valence-corrected chi connectivity index (χ3v) is 4.02. The minimum absolute atomic E-state index is 0.162. The topological polar surface area (TPSA) is 56.7 Å².